The Balaban J connectivity index is 1.85. The smallest absolute Gasteiger partial charge is 0.410 e. The molecular formula is C30H37NO7. The zero-order chi connectivity index (χ0) is 27.9. The zero-order valence-corrected chi connectivity index (χ0v) is 22.8. The molecule has 1 heterocycles. The van der Waals surface area contributed by atoms with Crippen LogP contribution in [0.4, 0.5) is 4.79 Å². The van der Waals surface area contributed by atoms with E-state index in [1.807, 2.05) is 20.8 Å². The van der Waals surface area contributed by atoms with Crippen LogP contribution in [0.25, 0.3) is 0 Å². The minimum absolute atomic E-state index is 0.331. The van der Waals surface area contributed by atoms with Gasteiger partial charge in [0.15, 0.2) is 6.10 Å². The van der Waals surface area contributed by atoms with Crippen molar-refractivity contribution in [2.75, 3.05) is 27.3 Å². The fourth-order valence-electron chi connectivity index (χ4n) is 4.40. The van der Waals surface area contributed by atoms with Crippen LogP contribution in [0.2, 0.25) is 0 Å². The summed E-state index contributed by atoms with van der Waals surface area (Å²) in [5.74, 6) is 0.379. The Morgan fingerprint density at radius 1 is 0.947 bits per heavy atom. The number of hydrogen-bond donors (Lipinski definition) is 0. The van der Waals surface area contributed by atoms with Gasteiger partial charge in [0.2, 0.25) is 5.78 Å². The minimum atomic E-state index is -1.16. The third-order valence-corrected chi connectivity index (χ3v) is 6.60. The first kappa shape index (κ1) is 28.8. The molecule has 0 N–H and O–H groups in total. The fourth-order valence-corrected chi connectivity index (χ4v) is 4.40. The second-order valence-electron chi connectivity index (χ2n) is 10.4. The monoisotopic (exact) mass is 523 g/mol. The van der Waals surface area contributed by atoms with E-state index in [0.717, 1.165) is 0 Å². The third-order valence-electron chi connectivity index (χ3n) is 6.60. The van der Waals surface area contributed by atoms with E-state index in [9.17, 15) is 14.4 Å². The SMILES string of the molecule is C=CCC1(C(=O)OC(C(=O)c2ccc(OC)cc2)c2ccc(OC)cc2)CCN(C(=O)OC(C)(C)C)CC1. The average Bonchev–Trinajstić information content (AvgIpc) is 2.91. The van der Waals surface area contributed by atoms with Crippen molar-refractivity contribution in [2.45, 2.75) is 51.7 Å². The Bertz CT molecular complexity index is 1120. The van der Waals surface area contributed by atoms with Gasteiger partial charge >= 0.3 is 12.1 Å². The van der Waals surface area contributed by atoms with Crippen LogP contribution in [0.1, 0.15) is 62.1 Å². The highest BCUT2D eigenvalue weighted by Crippen LogP contribution is 2.39. The number of ether oxygens (including phenoxy) is 4. The molecule has 3 rings (SSSR count). The lowest BCUT2D eigenvalue weighted by atomic mass is 9.75. The third kappa shape index (κ3) is 6.94. The topological polar surface area (TPSA) is 91.4 Å². The van der Waals surface area contributed by atoms with Crippen molar-refractivity contribution in [3.05, 3.63) is 72.3 Å². The van der Waals surface area contributed by atoms with E-state index in [4.69, 9.17) is 18.9 Å². The van der Waals surface area contributed by atoms with Crippen LogP contribution >= 0.6 is 0 Å². The summed E-state index contributed by atoms with van der Waals surface area (Å²) in [7, 11) is 3.10. The van der Waals surface area contributed by atoms with Crippen molar-refractivity contribution in [3.8, 4) is 11.5 Å². The van der Waals surface area contributed by atoms with E-state index < -0.39 is 29.2 Å². The van der Waals surface area contributed by atoms with Gasteiger partial charge in [0.25, 0.3) is 0 Å². The normalized spacial score (nSPS) is 15.7. The highest BCUT2D eigenvalue weighted by molar-refractivity contribution is 6.01. The summed E-state index contributed by atoms with van der Waals surface area (Å²) in [6.45, 7) is 9.93. The van der Waals surface area contributed by atoms with Crippen molar-refractivity contribution in [1.29, 1.82) is 0 Å². The van der Waals surface area contributed by atoms with Crippen LogP contribution < -0.4 is 9.47 Å². The summed E-state index contributed by atoms with van der Waals surface area (Å²) >= 11 is 0. The summed E-state index contributed by atoms with van der Waals surface area (Å²) in [4.78, 5) is 41.5. The molecule has 204 valence electrons. The molecule has 2 aromatic rings. The van der Waals surface area contributed by atoms with Crippen LogP contribution in [-0.2, 0) is 14.3 Å². The molecule has 1 fully saturated rings. The number of hydrogen-bond acceptors (Lipinski definition) is 7. The average molecular weight is 524 g/mol. The van der Waals surface area contributed by atoms with Gasteiger partial charge in [-0.1, -0.05) is 18.2 Å². The molecular weight excluding hydrogens is 486 g/mol. The van der Waals surface area contributed by atoms with Crippen molar-refractivity contribution < 1.29 is 33.3 Å². The Hall–Kier alpha value is -3.81. The van der Waals surface area contributed by atoms with E-state index in [2.05, 4.69) is 6.58 Å². The van der Waals surface area contributed by atoms with E-state index in [1.165, 1.54) is 0 Å². The van der Waals surface area contributed by atoms with Crippen molar-refractivity contribution in [3.63, 3.8) is 0 Å². The molecule has 2 aromatic carbocycles. The Morgan fingerprint density at radius 3 is 1.95 bits per heavy atom. The second kappa shape index (κ2) is 12.2. The molecule has 8 nitrogen and oxygen atoms in total. The highest BCUT2D eigenvalue weighted by atomic mass is 16.6. The molecule has 1 aliphatic rings. The number of benzene rings is 2. The van der Waals surface area contributed by atoms with E-state index >= 15 is 0 Å². The lowest BCUT2D eigenvalue weighted by Crippen LogP contribution is -2.48. The van der Waals surface area contributed by atoms with Gasteiger partial charge in [0.05, 0.1) is 19.6 Å². The summed E-state index contributed by atoms with van der Waals surface area (Å²) in [5, 5.41) is 0. The molecule has 0 saturated carbocycles. The fraction of sp³-hybridized carbons (Fsp3) is 0.433. The largest absolute Gasteiger partial charge is 0.497 e. The zero-order valence-electron chi connectivity index (χ0n) is 22.8. The first-order chi connectivity index (χ1) is 18.0. The number of ketones is 1. The van der Waals surface area contributed by atoms with Crippen molar-refractivity contribution in [2.24, 2.45) is 5.41 Å². The molecule has 1 aliphatic heterocycles. The van der Waals surface area contributed by atoms with Gasteiger partial charge in [-0.05, 0) is 76.4 Å². The van der Waals surface area contributed by atoms with Gasteiger partial charge in [-0.15, -0.1) is 6.58 Å². The van der Waals surface area contributed by atoms with Crippen LogP contribution in [0.3, 0.4) is 0 Å². The van der Waals surface area contributed by atoms with E-state index in [-0.39, 0.29) is 5.78 Å². The number of likely N-dealkylation sites (tertiary alicyclic amines) is 1. The number of Topliss-reactive ketones (excluding diaryl/α,β-unsaturated/α-hetero) is 1. The van der Waals surface area contributed by atoms with Crippen LogP contribution in [-0.4, -0.2) is 55.7 Å². The van der Waals surface area contributed by atoms with Gasteiger partial charge in [-0.2, -0.15) is 0 Å². The predicted molar refractivity (Wildman–Crippen MR) is 143 cm³/mol. The van der Waals surface area contributed by atoms with E-state index in [1.54, 1.807) is 73.7 Å². The van der Waals surface area contributed by atoms with Gasteiger partial charge in [-0.25, -0.2) is 4.79 Å². The molecule has 0 spiro atoms. The summed E-state index contributed by atoms with van der Waals surface area (Å²) in [5.41, 5.74) is -0.610. The van der Waals surface area contributed by atoms with Crippen LogP contribution in [0.15, 0.2) is 61.2 Å². The van der Waals surface area contributed by atoms with Gasteiger partial charge in [-0.3, -0.25) is 9.59 Å². The van der Waals surface area contributed by atoms with E-state index in [0.29, 0.717) is 55.0 Å². The number of nitrogens with zero attached hydrogens (tertiary/aromatic N) is 1. The minimum Gasteiger partial charge on any atom is -0.497 e. The molecule has 38 heavy (non-hydrogen) atoms. The predicted octanol–water partition coefficient (Wildman–Crippen LogP) is 5.76. The van der Waals surface area contributed by atoms with Crippen LogP contribution in [0, 0.1) is 5.41 Å². The molecule has 1 saturated heterocycles. The Kier molecular flexibility index (Phi) is 9.20. The number of rotatable bonds is 9. The lowest BCUT2D eigenvalue weighted by Gasteiger charge is -2.40. The summed E-state index contributed by atoms with van der Waals surface area (Å²) in [6, 6.07) is 13.5. The van der Waals surface area contributed by atoms with Gasteiger partial charge in [0, 0.05) is 24.2 Å². The molecule has 0 aliphatic carbocycles. The van der Waals surface area contributed by atoms with Gasteiger partial charge in [0.1, 0.15) is 17.1 Å². The first-order valence-electron chi connectivity index (χ1n) is 12.6. The Morgan fingerprint density at radius 2 is 1.47 bits per heavy atom. The number of esters is 1. The standard InChI is InChI=1S/C30H37NO7/c1-7-16-30(17-19-31(20-18-30)28(34)38-29(2,3)4)27(33)37-26(22-10-14-24(36-6)15-11-22)25(32)21-8-12-23(35-5)13-9-21/h7-15,26H,1,16-20H2,2-6H3. The molecule has 1 amide bonds. The summed E-state index contributed by atoms with van der Waals surface area (Å²) < 4.78 is 21.9. The number of piperidine rings is 1. The quantitative estimate of drug-likeness (QED) is 0.234. The maximum absolute atomic E-state index is 13.8. The second-order valence-corrected chi connectivity index (χ2v) is 10.4. The van der Waals surface area contributed by atoms with Gasteiger partial charge < -0.3 is 23.8 Å². The number of amides is 1. The molecule has 8 heteroatoms. The molecule has 0 bridgehead atoms. The number of allylic oxidation sites excluding steroid dienone is 1. The maximum Gasteiger partial charge on any atom is 0.410 e. The number of carbonyl (C=O) groups is 3. The first-order valence-corrected chi connectivity index (χ1v) is 12.6. The summed E-state index contributed by atoms with van der Waals surface area (Å²) in [6.07, 6.45) is 1.20. The molecule has 1 atom stereocenters. The van der Waals surface area contributed by atoms with Crippen molar-refractivity contribution >= 4 is 17.8 Å². The molecule has 1 unspecified atom stereocenters. The highest BCUT2D eigenvalue weighted by Gasteiger charge is 2.45. The number of carbonyl (C=O) groups excluding carboxylic acids is 3. The molecule has 0 aromatic heterocycles. The lowest BCUT2D eigenvalue weighted by molar-refractivity contribution is -0.162. The maximum atomic E-state index is 13.8. The number of methoxy groups -OCH3 is 2. The Labute approximate surface area is 224 Å². The van der Waals surface area contributed by atoms with Crippen LogP contribution in [0.5, 0.6) is 11.5 Å². The van der Waals surface area contributed by atoms with Crippen molar-refractivity contribution in [1.82, 2.24) is 4.90 Å². The molecule has 0 radical (unpaired) electrons.